The molecular weight excluding hydrogens is 307 g/mol. The molecule has 3 aliphatic rings. The third kappa shape index (κ3) is 3.61. The summed E-state index contributed by atoms with van der Waals surface area (Å²) in [6.07, 6.45) is 16.4. The first-order chi connectivity index (χ1) is 12.3. The standard InChI is InChI=1S/C24H31F/c1-2-17-3-5-21-15-23(9-7-19(21)13-17)24-10-8-20-14-18(11-12-25)4-6-22(20)16-24/h2-3,5,11-13,18,20,22-24H,1,4,6-10,14-16H2. The van der Waals surface area contributed by atoms with Gasteiger partial charge in [-0.2, -0.15) is 0 Å². The van der Waals surface area contributed by atoms with Crippen molar-refractivity contribution in [3.63, 3.8) is 0 Å². The first-order valence-electron chi connectivity index (χ1n) is 10.3. The van der Waals surface area contributed by atoms with E-state index in [0.29, 0.717) is 5.92 Å². The molecule has 3 aliphatic carbocycles. The minimum absolute atomic E-state index is 0.503. The molecule has 0 aliphatic heterocycles. The SMILES string of the molecule is C=Cc1ccc2c(c1)CCC(C1CCC3CC(C=CF)CCC3C1)C2. The van der Waals surface area contributed by atoms with Crippen LogP contribution in [0.3, 0.4) is 0 Å². The zero-order chi connectivity index (χ0) is 17.2. The monoisotopic (exact) mass is 338 g/mol. The fourth-order valence-electron chi connectivity index (χ4n) is 6.00. The number of hydrogen-bond acceptors (Lipinski definition) is 0. The van der Waals surface area contributed by atoms with Crippen LogP contribution in [-0.2, 0) is 12.8 Å². The Balaban J connectivity index is 1.38. The van der Waals surface area contributed by atoms with Crippen molar-refractivity contribution in [2.24, 2.45) is 29.6 Å². The number of halogens is 1. The average molecular weight is 339 g/mol. The van der Waals surface area contributed by atoms with E-state index in [-0.39, 0.29) is 0 Å². The van der Waals surface area contributed by atoms with Crippen molar-refractivity contribution in [2.75, 3.05) is 0 Å². The summed E-state index contributed by atoms with van der Waals surface area (Å²) in [5.74, 6) is 4.07. The molecular formula is C24H31F. The van der Waals surface area contributed by atoms with Gasteiger partial charge in [-0.3, -0.25) is 0 Å². The average Bonchev–Trinajstić information content (AvgIpc) is 2.67. The summed E-state index contributed by atoms with van der Waals surface area (Å²) in [6.45, 7) is 3.90. The second-order valence-corrected chi connectivity index (χ2v) is 8.72. The molecule has 2 saturated carbocycles. The van der Waals surface area contributed by atoms with Gasteiger partial charge in [0.2, 0.25) is 0 Å². The lowest BCUT2D eigenvalue weighted by atomic mass is 9.61. The third-order valence-corrected chi connectivity index (χ3v) is 7.44. The second kappa shape index (κ2) is 7.48. The molecule has 0 radical (unpaired) electrons. The Morgan fingerprint density at radius 3 is 2.44 bits per heavy atom. The maximum Gasteiger partial charge on any atom is 0.0829 e. The van der Waals surface area contributed by atoms with E-state index < -0.39 is 0 Å². The molecule has 0 N–H and O–H groups in total. The van der Waals surface area contributed by atoms with E-state index in [9.17, 15) is 4.39 Å². The van der Waals surface area contributed by atoms with Gasteiger partial charge in [0.05, 0.1) is 6.33 Å². The highest BCUT2D eigenvalue weighted by molar-refractivity contribution is 5.50. The molecule has 4 rings (SSSR count). The zero-order valence-electron chi connectivity index (χ0n) is 15.3. The fraction of sp³-hybridized carbons (Fsp3) is 0.583. The molecule has 0 nitrogen and oxygen atoms in total. The molecule has 1 aromatic carbocycles. The lowest BCUT2D eigenvalue weighted by molar-refractivity contribution is 0.0809. The van der Waals surface area contributed by atoms with Gasteiger partial charge in [0.15, 0.2) is 0 Å². The molecule has 5 unspecified atom stereocenters. The van der Waals surface area contributed by atoms with Crippen LogP contribution in [0.15, 0.2) is 37.2 Å². The van der Waals surface area contributed by atoms with Crippen molar-refractivity contribution >= 4 is 6.08 Å². The van der Waals surface area contributed by atoms with Crippen LogP contribution in [0.2, 0.25) is 0 Å². The smallest absolute Gasteiger partial charge is 0.0829 e. The Labute approximate surface area is 152 Å². The number of fused-ring (bicyclic) bond motifs is 2. The van der Waals surface area contributed by atoms with Crippen LogP contribution in [0.5, 0.6) is 0 Å². The van der Waals surface area contributed by atoms with Crippen molar-refractivity contribution in [1.82, 2.24) is 0 Å². The topological polar surface area (TPSA) is 0 Å². The van der Waals surface area contributed by atoms with Crippen molar-refractivity contribution in [3.05, 3.63) is 53.9 Å². The van der Waals surface area contributed by atoms with Crippen LogP contribution >= 0.6 is 0 Å². The van der Waals surface area contributed by atoms with Gasteiger partial charge in [-0.05, 0) is 104 Å². The summed E-state index contributed by atoms with van der Waals surface area (Å²) in [7, 11) is 0. The van der Waals surface area contributed by atoms with Crippen molar-refractivity contribution in [2.45, 2.75) is 57.8 Å². The van der Waals surface area contributed by atoms with E-state index >= 15 is 0 Å². The van der Waals surface area contributed by atoms with Gasteiger partial charge >= 0.3 is 0 Å². The molecule has 0 amide bonds. The minimum Gasteiger partial charge on any atom is -0.216 e. The van der Waals surface area contributed by atoms with Crippen LogP contribution in [0.1, 0.15) is 61.6 Å². The van der Waals surface area contributed by atoms with Gasteiger partial charge in [0, 0.05) is 0 Å². The molecule has 0 spiro atoms. The van der Waals surface area contributed by atoms with E-state index in [1.165, 1.54) is 63.4 Å². The highest BCUT2D eigenvalue weighted by atomic mass is 19.1. The van der Waals surface area contributed by atoms with Crippen LogP contribution in [0.25, 0.3) is 6.08 Å². The van der Waals surface area contributed by atoms with Gasteiger partial charge in [-0.25, -0.2) is 4.39 Å². The van der Waals surface area contributed by atoms with Crippen LogP contribution < -0.4 is 0 Å². The van der Waals surface area contributed by atoms with Crippen LogP contribution in [0.4, 0.5) is 4.39 Å². The van der Waals surface area contributed by atoms with Crippen molar-refractivity contribution in [3.8, 4) is 0 Å². The highest BCUT2D eigenvalue weighted by Gasteiger charge is 2.38. The summed E-state index contributed by atoms with van der Waals surface area (Å²) >= 11 is 0. The van der Waals surface area contributed by atoms with Gasteiger partial charge in [0.25, 0.3) is 0 Å². The summed E-state index contributed by atoms with van der Waals surface area (Å²) < 4.78 is 12.5. The molecule has 0 heterocycles. The third-order valence-electron chi connectivity index (χ3n) is 7.44. The molecule has 1 heteroatoms. The number of rotatable bonds is 3. The number of aryl methyl sites for hydroxylation is 1. The van der Waals surface area contributed by atoms with Crippen molar-refractivity contribution in [1.29, 1.82) is 0 Å². The second-order valence-electron chi connectivity index (χ2n) is 8.72. The van der Waals surface area contributed by atoms with Gasteiger partial charge in [-0.1, -0.05) is 36.9 Å². The van der Waals surface area contributed by atoms with Gasteiger partial charge in [-0.15, -0.1) is 0 Å². The summed E-state index contributed by atoms with van der Waals surface area (Å²) in [5.41, 5.74) is 4.40. The van der Waals surface area contributed by atoms with Gasteiger partial charge in [0.1, 0.15) is 0 Å². The quantitative estimate of drug-likeness (QED) is 0.572. The summed E-state index contributed by atoms with van der Waals surface area (Å²) in [6, 6.07) is 6.92. The summed E-state index contributed by atoms with van der Waals surface area (Å²) in [4.78, 5) is 0. The number of hydrogen-bond donors (Lipinski definition) is 0. The maximum atomic E-state index is 12.5. The number of benzene rings is 1. The van der Waals surface area contributed by atoms with Crippen molar-refractivity contribution < 1.29 is 4.39 Å². The molecule has 25 heavy (non-hydrogen) atoms. The Kier molecular flexibility index (Phi) is 5.10. The largest absolute Gasteiger partial charge is 0.216 e. The molecule has 0 saturated heterocycles. The van der Waals surface area contributed by atoms with E-state index in [4.69, 9.17) is 0 Å². The molecule has 0 aromatic heterocycles. The van der Waals surface area contributed by atoms with E-state index in [1.54, 1.807) is 17.2 Å². The lowest BCUT2D eigenvalue weighted by Crippen LogP contribution is -2.34. The Bertz CT molecular complexity index is 643. The first kappa shape index (κ1) is 17.1. The Morgan fingerprint density at radius 2 is 1.64 bits per heavy atom. The zero-order valence-corrected chi connectivity index (χ0v) is 15.3. The fourth-order valence-corrected chi connectivity index (χ4v) is 6.00. The van der Waals surface area contributed by atoms with E-state index in [0.717, 1.165) is 30.0 Å². The Morgan fingerprint density at radius 1 is 0.880 bits per heavy atom. The first-order valence-corrected chi connectivity index (χ1v) is 10.3. The number of allylic oxidation sites excluding steroid dienone is 1. The Hall–Kier alpha value is -1.37. The predicted octanol–water partition coefficient (Wildman–Crippen LogP) is 6.75. The molecule has 1 aromatic rings. The van der Waals surface area contributed by atoms with Crippen LogP contribution in [-0.4, -0.2) is 0 Å². The molecule has 0 bridgehead atoms. The minimum atomic E-state index is 0.503. The molecule has 2 fully saturated rings. The van der Waals surface area contributed by atoms with E-state index in [2.05, 4.69) is 24.8 Å². The normalized spacial score (nSPS) is 35.2. The van der Waals surface area contributed by atoms with Gasteiger partial charge < -0.3 is 0 Å². The van der Waals surface area contributed by atoms with E-state index in [1.807, 2.05) is 6.08 Å². The molecule has 5 atom stereocenters. The molecule has 134 valence electrons. The van der Waals surface area contributed by atoms with Crippen LogP contribution in [0, 0.1) is 29.6 Å². The summed E-state index contributed by atoms with van der Waals surface area (Å²) in [5, 5.41) is 0. The lowest BCUT2D eigenvalue weighted by Gasteiger charge is -2.44. The predicted molar refractivity (Wildman–Crippen MR) is 104 cm³/mol. The highest BCUT2D eigenvalue weighted by Crippen LogP contribution is 2.48. The maximum absolute atomic E-state index is 12.5.